The number of aromatic nitrogens is 2. The van der Waals surface area contributed by atoms with E-state index < -0.39 is 11.4 Å². The maximum atomic E-state index is 11.4. The molecule has 5 heteroatoms. The highest BCUT2D eigenvalue weighted by molar-refractivity contribution is 9.10. The lowest BCUT2D eigenvalue weighted by Gasteiger charge is -2.23. The number of hydrogen-bond donors (Lipinski definition) is 1. The molecule has 1 saturated carbocycles. The van der Waals surface area contributed by atoms with Crippen LogP contribution < -0.4 is 0 Å². The van der Waals surface area contributed by atoms with Crippen molar-refractivity contribution >= 4 is 21.9 Å². The molecule has 4 nitrogen and oxygen atoms in total. The van der Waals surface area contributed by atoms with E-state index in [9.17, 15) is 9.90 Å². The molecule has 0 atom stereocenters. The molecule has 1 fully saturated rings. The summed E-state index contributed by atoms with van der Waals surface area (Å²) in [6.07, 6.45) is 3.40. The van der Waals surface area contributed by atoms with Crippen molar-refractivity contribution < 1.29 is 9.90 Å². The van der Waals surface area contributed by atoms with Crippen LogP contribution in [-0.4, -0.2) is 20.9 Å². The molecule has 0 aliphatic heterocycles. The number of rotatable bonds is 2. The minimum atomic E-state index is -0.726. The van der Waals surface area contributed by atoms with Crippen molar-refractivity contribution in [2.75, 3.05) is 0 Å². The van der Waals surface area contributed by atoms with E-state index in [1.165, 1.54) is 0 Å². The largest absolute Gasteiger partial charge is 0.481 e. The first-order valence-corrected chi connectivity index (χ1v) is 5.79. The van der Waals surface area contributed by atoms with E-state index in [-0.39, 0.29) is 0 Å². The Hall–Kier alpha value is -0.840. The third-order valence-electron chi connectivity index (χ3n) is 3.21. The fourth-order valence-corrected chi connectivity index (χ4v) is 2.89. The van der Waals surface area contributed by atoms with Crippen molar-refractivity contribution in [3.05, 3.63) is 16.4 Å². The molecule has 0 spiro atoms. The summed E-state index contributed by atoms with van der Waals surface area (Å²) in [7, 11) is 1.79. The van der Waals surface area contributed by atoms with Gasteiger partial charge in [-0.2, -0.15) is 5.10 Å². The SMILES string of the molecule is Cn1nc(Br)cc1C1(C(=O)O)CCCC1. The summed E-state index contributed by atoms with van der Waals surface area (Å²) in [6.45, 7) is 0. The Bertz CT molecular complexity index is 394. The first kappa shape index (κ1) is 10.7. The highest BCUT2D eigenvalue weighted by Crippen LogP contribution is 2.41. The van der Waals surface area contributed by atoms with Gasteiger partial charge in [0.2, 0.25) is 0 Å². The van der Waals surface area contributed by atoms with Gasteiger partial charge < -0.3 is 5.11 Å². The van der Waals surface area contributed by atoms with E-state index >= 15 is 0 Å². The topological polar surface area (TPSA) is 55.1 Å². The maximum Gasteiger partial charge on any atom is 0.315 e. The summed E-state index contributed by atoms with van der Waals surface area (Å²) in [5, 5.41) is 13.5. The summed E-state index contributed by atoms with van der Waals surface area (Å²) in [5.74, 6) is -0.726. The van der Waals surface area contributed by atoms with Gasteiger partial charge in [0.15, 0.2) is 0 Å². The van der Waals surface area contributed by atoms with Gasteiger partial charge >= 0.3 is 5.97 Å². The van der Waals surface area contributed by atoms with Crippen LogP contribution in [0.25, 0.3) is 0 Å². The molecule has 0 amide bonds. The Morgan fingerprint density at radius 3 is 2.60 bits per heavy atom. The number of hydrogen-bond acceptors (Lipinski definition) is 2. The lowest BCUT2D eigenvalue weighted by atomic mass is 9.83. The Morgan fingerprint density at radius 1 is 1.60 bits per heavy atom. The predicted molar refractivity (Wildman–Crippen MR) is 58.7 cm³/mol. The average molecular weight is 273 g/mol. The zero-order valence-corrected chi connectivity index (χ0v) is 10.1. The quantitative estimate of drug-likeness (QED) is 0.897. The lowest BCUT2D eigenvalue weighted by Crippen LogP contribution is -2.34. The number of nitrogens with zero attached hydrogens (tertiary/aromatic N) is 2. The molecular formula is C10H13BrN2O2. The van der Waals surface area contributed by atoms with E-state index in [1.807, 2.05) is 6.07 Å². The summed E-state index contributed by atoms with van der Waals surface area (Å²) in [5.41, 5.74) is 0.0905. The van der Waals surface area contributed by atoms with Crippen LogP contribution in [0.2, 0.25) is 0 Å². The van der Waals surface area contributed by atoms with Crippen LogP contribution in [0.3, 0.4) is 0 Å². The van der Waals surface area contributed by atoms with Gasteiger partial charge in [0.25, 0.3) is 0 Å². The molecule has 1 aliphatic rings. The van der Waals surface area contributed by atoms with Gasteiger partial charge in [0, 0.05) is 7.05 Å². The molecule has 0 saturated heterocycles. The second kappa shape index (κ2) is 3.63. The molecule has 2 rings (SSSR count). The van der Waals surface area contributed by atoms with Gasteiger partial charge in [0.05, 0.1) is 5.69 Å². The number of carboxylic acid groups (broad SMARTS) is 1. The van der Waals surface area contributed by atoms with Crippen LogP contribution in [0, 0.1) is 0 Å². The van der Waals surface area contributed by atoms with E-state index in [2.05, 4.69) is 21.0 Å². The minimum Gasteiger partial charge on any atom is -0.481 e. The summed E-state index contributed by atoms with van der Waals surface area (Å²) in [6, 6.07) is 1.82. The average Bonchev–Trinajstić information content (AvgIpc) is 2.72. The second-order valence-corrected chi connectivity index (χ2v) is 4.88. The van der Waals surface area contributed by atoms with Crippen molar-refractivity contribution in [1.29, 1.82) is 0 Å². The standard InChI is InChI=1S/C10H13BrN2O2/c1-13-7(6-8(11)12-13)10(9(14)15)4-2-3-5-10/h6H,2-5H2,1H3,(H,14,15). The molecule has 0 radical (unpaired) electrons. The molecule has 15 heavy (non-hydrogen) atoms. The molecule has 1 aromatic rings. The number of carboxylic acids is 1. The van der Waals surface area contributed by atoms with Gasteiger partial charge in [-0.05, 0) is 34.8 Å². The molecule has 0 unspecified atom stereocenters. The van der Waals surface area contributed by atoms with Crippen molar-refractivity contribution in [2.24, 2.45) is 7.05 Å². The Kier molecular flexibility index (Phi) is 2.58. The summed E-state index contributed by atoms with van der Waals surface area (Å²) in [4.78, 5) is 11.4. The second-order valence-electron chi connectivity index (χ2n) is 4.07. The normalized spacial score (nSPS) is 19.3. The number of aryl methyl sites for hydroxylation is 1. The van der Waals surface area contributed by atoms with Crippen LogP contribution in [0.5, 0.6) is 0 Å². The minimum absolute atomic E-state index is 0.701. The van der Waals surface area contributed by atoms with Gasteiger partial charge in [-0.1, -0.05) is 12.8 Å². The number of aliphatic carboxylic acids is 1. The predicted octanol–water partition coefficient (Wildman–Crippen LogP) is 2.08. The molecule has 82 valence electrons. The van der Waals surface area contributed by atoms with Gasteiger partial charge in [-0.25, -0.2) is 0 Å². The van der Waals surface area contributed by atoms with Gasteiger partial charge in [-0.15, -0.1) is 0 Å². The summed E-state index contributed by atoms with van der Waals surface area (Å²) < 4.78 is 2.37. The van der Waals surface area contributed by atoms with E-state index in [4.69, 9.17) is 0 Å². The van der Waals surface area contributed by atoms with E-state index in [0.29, 0.717) is 17.4 Å². The van der Waals surface area contributed by atoms with Crippen LogP contribution >= 0.6 is 15.9 Å². The molecule has 1 aromatic heterocycles. The first-order valence-electron chi connectivity index (χ1n) is 5.00. The van der Waals surface area contributed by atoms with Crippen LogP contribution in [0.15, 0.2) is 10.7 Å². The molecule has 0 bridgehead atoms. The molecular weight excluding hydrogens is 260 g/mol. The lowest BCUT2D eigenvalue weighted by molar-refractivity contribution is -0.143. The Labute approximate surface area is 96.4 Å². The smallest absolute Gasteiger partial charge is 0.315 e. The maximum absolute atomic E-state index is 11.4. The van der Waals surface area contributed by atoms with Gasteiger partial charge in [0.1, 0.15) is 10.0 Å². The Morgan fingerprint density at radius 2 is 2.20 bits per heavy atom. The van der Waals surface area contributed by atoms with Crippen molar-refractivity contribution in [1.82, 2.24) is 9.78 Å². The zero-order valence-electron chi connectivity index (χ0n) is 8.53. The van der Waals surface area contributed by atoms with Crippen LogP contribution in [0.4, 0.5) is 0 Å². The van der Waals surface area contributed by atoms with E-state index in [1.54, 1.807) is 11.7 Å². The number of carbonyl (C=O) groups is 1. The fraction of sp³-hybridized carbons (Fsp3) is 0.600. The first-order chi connectivity index (χ1) is 7.06. The monoisotopic (exact) mass is 272 g/mol. The Balaban J connectivity index is 2.49. The van der Waals surface area contributed by atoms with Crippen molar-refractivity contribution in [2.45, 2.75) is 31.1 Å². The highest BCUT2D eigenvalue weighted by atomic mass is 79.9. The zero-order chi connectivity index (χ0) is 11.1. The van der Waals surface area contributed by atoms with Crippen molar-refractivity contribution in [3.8, 4) is 0 Å². The van der Waals surface area contributed by atoms with Gasteiger partial charge in [-0.3, -0.25) is 9.48 Å². The third-order valence-corrected chi connectivity index (χ3v) is 3.59. The van der Waals surface area contributed by atoms with Crippen molar-refractivity contribution in [3.63, 3.8) is 0 Å². The fourth-order valence-electron chi connectivity index (χ4n) is 2.44. The van der Waals surface area contributed by atoms with Crippen LogP contribution in [-0.2, 0) is 17.3 Å². The van der Waals surface area contributed by atoms with E-state index in [0.717, 1.165) is 18.5 Å². The highest BCUT2D eigenvalue weighted by Gasteiger charge is 2.45. The molecule has 1 aliphatic carbocycles. The summed E-state index contributed by atoms with van der Waals surface area (Å²) >= 11 is 3.28. The molecule has 1 N–H and O–H groups in total. The third kappa shape index (κ3) is 1.58. The van der Waals surface area contributed by atoms with Crippen LogP contribution in [0.1, 0.15) is 31.4 Å². The molecule has 1 heterocycles. The number of halogens is 1. The molecule has 0 aromatic carbocycles.